The summed E-state index contributed by atoms with van der Waals surface area (Å²) < 4.78 is 13.1. The Hall–Kier alpha value is -1.87. The van der Waals surface area contributed by atoms with Crippen LogP contribution in [0.1, 0.15) is 15.9 Å². The van der Waals surface area contributed by atoms with Gasteiger partial charge in [-0.1, -0.05) is 11.6 Å². The second kappa shape index (κ2) is 5.19. The molecule has 0 saturated carbocycles. The Morgan fingerprint density at radius 2 is 1.83 bits per heavy atom. The van der Waals surface area contributed by atoms with E-state index in [2.05, 4.69) is 5.32 Å². The molecule has 2 rings (SSSR count). The minimum atomic E-state index is -0.292. The Morgan fingerprint density at radius 3 is 2.44 bits per heavy atom. The minimum Gasteiger partial charge on any atom is -0.322 e. The molecule has 0 radical (unpaired) electrons. The average Bonchev–Trinajstić information content (AvgIpc) is 2.34. The van der Waals surface area contributed by atoms with Crippen LogP contribution in [0.15, 0.2) is 42.5 Å². The van der Waals surface area contributed by atoms with Crippen LogP contribution in [0, 0.1) is 12.7 Å². The van der Waals surface area contributed by atoms with Gasteiger partial charge in [0.15, 0.2) is 0 Å². The van der Waals surface area contributed by atoms with Crippen LogP contribution >= 0.6 is 11.6 Å². The summed E-state index contributed by atoms with van der Waals surface area (Å²) >= 11 is 5.74. The molecule has 1 N–H and O–H groups in total. The van der Waals surface area contributed by atoms with Crippen molar-refractivity contribution in [2.45, 2.75) is 6.92 Å². The molecular formula is C14H11ClFNO. The van der Waals surface area contributed by atoms with Gasteiger partial charge in [0, 0.05) is 16.3 Å². The van der Waals surface area contributed by atoms with E-state index >= 15 is 0 Å². The molecule has 0 aromatic heterocycles. The Kier molecular flexibility index (Phi) is 3.63. The number of rotatable bonds is 2. The summed E-state index contributed by atoms with van der Waals surface area (Å²) in [6, 6.07) is 11.0. The molecule has 0 unspecified atom stereocenters. The van der Waals surface area contributed by atoms with E-state index in [1.807, 2.05) is 0 Å². The number of hydrogen-bond donors (Lipinski definition) is 1. The first-order valence-corrected chi connectivity index (χ1v) is 5.77. The zero-order chi connectivity index (χ0) is 13.1. The quantitative estimate of drug-likeness (QED) is 0.870. The second-order valence-electron chi connectivity index (χ2n) is 3.92. The fourth-order valence-corrected chi connectivity index (χ4v) is 1.65. The van der Waals surface area contributed by atoms with Crippen molar-refractivity contribution in [3.8, 4) is 0 Å². The van der Waals surface area contributed by atoms with Crippen molar-refractivity contribution < 1.29 is 9.18 Å². The highest BCUT2D eigenvalue weighted by molar-refractivity contribution is 6.30. The summed E-state index contributed by atoms with van der Waals surface area (Å²) in [7, 11) is 0. The van der Waals surface area contributed by atoms with E-state index in [0.29, 0.717) is 21.8 Å². The SMILES string of the molecule is Cc1cc(NC(=O)c2ccc(Cl)cc2)ccc1F. The van der Waals surface area contributed by atoms with Gasteiger partial charge in [-0.2, -0.15) is 0 Å². The monoisotopic (exact) mass is 263 g/mol. The van der Waals surface area contributed by atoms with Crippen molar-refractivity contribution in [2.75, 3.05) is 5.32 Å². The summed E-state index contributed by atoms with van der Waals surface area (Å²) in [5, 5.41) is 3.27. The third kappa shape index (κ3) is 2.87. The van der Waals surface area contributed by atoms with Crippen LogP contribution in [-0.2, 0) is 0 Å². The molecule has 92 valence electrons. The highest BCUT2D eigenvalue weighted by atomic mass is 35.5. The van der Waals surface area contributed by atoms with Gasteiger partial charge in [-0.05, 0) is 55.0 Å². The summed E-state index contributed by atoms with van der Waals surface area (Å²) in [6.07, 6.45) is 0. The summed E-state index contributed by atoms with van der Waals surface area (Å²) in [4.78, 5) is 11.9. The fraction of sp³-hybridized carbons (Fsp3) is 0.0714. The van der Waals surface area contributed by atoms with Crippen molar-refractivity contribution in [2.24, 2.45) is 0 Å². The number of amides is 1. The first-order chi connectivity index (χ1) is 8.56. The second-order valence-corrected chi connectivity index (χ2v) is 4.36. The molecule has 0 saturated heterocycles. The maximum atomic E-state index is 13.1. The molecular weight excluding hydrogens is 253 g/mol. The highest BCUT2D eigenvalue weighted by Crippen LogP contribution is 2.15. The van der Waals surface area contributed by atoms with E-state index in [4.69, 9.17) is 11.6 Å². The van der Waals surface area contributed by atoms with E-state index in [9.17, 15) is 9.18 Å². The molecule has 0 aliphatic rings. The summed E-state index contributed by atoms with van der Waals surface area (Å²) in [6.45, 7) is 1.65. The van der Waals surface area contributed by atoms with Gasteiger partial charge in [0.05, 0.1) is 0 Å². The van der Waals surface area contributed by atoms with Gasteiger partial charge in [-0.15, -0.1) is 0 Å². The standard InChI is InChI=1S/C14H11ClFNO/c1-9-8-12(6-7-13(9)16)17-14(18)10-2-4-11(15)5-3-10/h2-8H,1H3,(H,17,18). The molecule has 0 aliphatic heterocycles. The lowest BCUT2D eigenvalue weighted by Crippen LogP contribution is -2.11. The molecule has 0 heterocycles. The number of carbonyl (C=O) groups excluding carboxylic acids is 1. The normalized spacial score (nSPS) is 10.2. The Bertz CT molecular complexity index is 581. The molecule has 0 bridgehead atoms. The molecule has 0 atom stereocenters. The molecule has 2 aromatic rings. The highest BCUT2D eigenvalue weighted by Gasteiger charge is 2.06. The number of halogens is 2. The third-order valence-corrected chi connectivity index (χ3v) is 2.77. The van der Waals surface area contributed by atoms with Gasteiger partial charge in [0.2, 0.25) is 0 Å². The van der Waals surface area contributed by atoms with Gasteiger partial charge in [0.25, 0.3) is 5.91 Å². The first-order valence-electron chi connectivity index (χ1n) is 5.39. The van der Waals surface area contributed by atoms with Crippen LogP contribution in [-0.4, -0.2) is 5.91 Å². The lowest BCUT2D eigenvalue weighted by atomic mass is 10.2. The maximum Gasteiger partial charge on any atom is 0.255 e. The Labute approximate surface area is 109 Å². The molecule has 0 aliphatic carbocycles. The topological polar surface area (TPSA) is 29.1 Å². The maximum absolute atomic E-state index is 13.1. The molecule has 4 heteroatoms. The van der Waals surface area contributed by atoms with Gasteiger partial charge in [-0.25, -0.2) is 4.39 Å². The van der Waals surface area contributed by atoms with E-state index in [1.165, 1.54) is 12.1 Å². The fourth-order valence-electron chi connectivity index (χ4n) is 1.53. The van der Waals surface area contributed by atoms with Gasteiger partial charge in [-0.3, -0.25) is 4.79 Å². The number of hydrogen-bond acceptors (Lipinski definition) is 1. The zero-order valence-corrected chi connectivity index (χ0v) is 10.5. The lowest BCUT2D eigenvalue weighted by molar-refractivity contribution is 0.102. The number of nitrogens with one attached hydrogen (secondary N) is 1. The van der Waals surface area contributed by atoms with Crippen LogP contribution in [0.2, 0.25) is 5.02 Å². The number of anilines is 1. The van der Waals surface area contributed by atoms with E-state index in [1.54, 1.807) is 37.3 Å². The summed E-state index contributed by atoms with van der Waals surface area (Å²) in [5.74, 6) is -0.544. The van der Waals surface area contributed by atoms with Crippen LogP contribution in [0.4, 0.5) is 10.1 Å². The molecule has 0 fully saturated rings. The van der Waals surface area contributed by atoms with Gasteiger partial charge < -0.3 is 5.32 Å². The Balaban J connectivity index is 2.16. The molecule has 18 heavy (non-hydrogen) atoms. The molecule has 0 spiro atoms. The smallest absolute Gasteiger partial charge is 0.255 e. The summed E-state index contributed by atoms with van der Waals surface area (Å²) in [5.41, 5.74) is 1.55. The van der Waals surface area contributed by atoms with Crippen LogP contribution < -0.4 is 5.32 Å². The van der Waals surface area contributed by atoms with E-state index in [-0.39, 0.29) is 11.7 Å². The predicted octanol–water partition coefficient (Wildman–Crippen LogP) is 4.04. The van der Waals surface area contributed by atoms with Crippen molar-refractivity contribution >= 4 is 23.2 Å². The van der Waals surface area contributed by atoms with Crippen LogP contribution in [0.3, 0.4) is 0 Å². The minimum absolute atomic E-state index is 0.252. The largest absolute Gasteiger partial charge is 0.322 e. The van der Waals surface area contributed by atoms with E-state index in [0.717, 1.165) is 0 Å². The lowest BCUT2D eigenvalue weighted by Gasteiger charge is -2.06. The molecule has 2 aromatic carbocycles. The average molecular weight is 264 g/mol. The van der Waals surface area contributed by atoms with Gasteiger partial charge >= 0.3 is 0 Å². The van der Waals surface area contributed by atoms with Gasteiger partial charge in [0.1, 0.15) is 5.82 Å². The molecule has 1 amide bonds. The predicted molar refractivity (Wildman–Crippen MR) is 70.5 cm³/mol. The van der Waals surface area contributed by atoms with Crippen LogP contribution in [0.5, 0.6) is 0 Å². The third-order valence-electron chi connectivity index (χ3n) is 2.52. The van der Waals surface area contributed by atoms with Crippen molar-refractivity contribution in [3.05, 3.63) is 64.4 Å². The molecule has 2 nitrogen and oxygen atoms in total. The van der Waals surface area contributed by atoms with Crippen molar-refractivity contribution in [1.82, 2.24) is 0 Å². The Morgan fingerprint density at radius 1 is 1.17 bits per heavy atom. The number of benzene rings is 2. The van der Waals surface area contributed by atoms with E-state index < -0.39 is 0 Å². The van der Waals surface area contributed by atoms with Crippen molar-refractivity contribution in [1.29, 1.82) is 0 Å². The van der Waals surface area contributed by atoms with Crippen LogP contribution in [0.25, 0.3) is 0 Å². The number of carbonyl (C=O) groups is 1. The van der Waals surface area contributed by atoms with Crippen molar-refractivity contribution in [3.63, 3.8) is 0 Å². The zero-order valence-electron chi connectivity index (χ0n) is 9.71. The first kappa shape index (κ1) is 12.6. The number of aryl methyl sites for hydroxylation is 1.